The molecule has 0 atom stereocenters. The Bertz CT molecular complexity index is 1000. The van der Waals surface area contributed by atoms with Gasteiger partial charge in [0.25, 0.3) is 5.91 Å². The summed E-state index contributed by atoms with van der Waals surface area (Å²) in [6.07, 6.45) is 3.01. The first-order valence-corrected chi connectivity index (χ1v) is 9.11. The van der Waals surface area contributed by atoms with E-state index in [4.69, 9.17) is 32.7 Å². The fourth-order valence-corrected chi connectivity index (χ4v) is 2.47. The summed E-state index contributed by atoms with van der Waals surface area (Å²) in [7, 11) is 0. The van der Waals surface area contributed by atoms with Gasteiger partial charge in [-0.3, -0.25) is 9.78 Å². The van der Waals surface area contributed by atoms with Gasteiger partial charge in [-0.1, -0.05) is 29.3 Å². The van der Waals surface area contributed by atoms with Gasteiger partial charge in [-0.25, -0.2) is 4.79 Å². The van der Waals surface area contributed by atoms with Gasteiger partial charge in [0.15, 0.2) is 5.69 Å². The van der Waals surface area contributed by atoms with E-state index in [-0.39, 0.29) is 35.7 Å². The molecule has 0 saturated carbocycles. The molecule has 2 heterocycles. The number of carbonyl (C=O) groups is 2. The second kappa shape index (κ2) is 9.81. The summed E-state index contributed by atoms with van der Waals surface area (Å²) in [5.74, 6) is -0.543. The Hall–Kier alpha value is -3.23. The molecule has 3 rings (SSSR count). The Morgan fingerprint density at radius 3 is 2.62 bits per heavy atom. The average molecular weight is 433 g/mol. The van der Waals surface area contributed by atoms with Crippen molar-refractivity contribution < 1.29 is 19.1 Å². The lowest BCUT2D eigenvalue weighted by Crippen LogP contribution is -2.28. The quantitative estimate of drug-likeness (QED) is 0.449. The lowest BCUT2D eigenvalue weighted by atomic mass is 10.3. The lowest BCUT2D eigenvalue weighted by Gasteiger charge is -2.08. The topological polar surface area (TPSA) is 103 Å². The van der Waals surface area contributed by atoms with E-state index in [9.17, 15) is 9.59 Å². The highest BCUT2D eigenvalue weighted by Crippen LogP contribution is 2.33. The van der Waals surface area contributed by atoms with Crippen LogP contribution in [0.1, 0.15) is 20.8 Å². The first kappa shape index (κ1) is 20.5. The molecule has 1 aromatic carbocycles. The van der Waals surface area contributed by atoms with E-state index in [1.165, 1.54) is 18.3 Å². The van der Waals surface area contributed by atoms with E-state index in [1.54, 1.807) is 36.5 Å². The number of amides is 1. The van der Waals surface area contributed by atoms with Crippen LogP contribution >= 0.6 is 23.2 Å². The molecule has 0 aliphatic rings. The first-order valence-electron chi connectivity index (χ1n) is 8.35. The normalized spacial score (nSPS) is 10.3. The molecule has 3 aromatic rings. The summed E-state index contributed by atoms with van der Waals surface area (Å²) in [5.41, 5.74) is 0.410. The van der Waals surface area contributed by atoms with Gasteiger partial charge in [0.1, 0.15) is 17.4 Å². The molecule has 0 unspecified atom stereocenters. The van der Waals surface area contributed by atoms with Crippen molar-refractivity contribution in [1.82, 2.24) is 20.5 Å². The highest BCUT2D eigenvalue weighted by molar-refractivity contribution is 6.42. The summed E-state index contributed by atoms with van der Waals surface area (Å²) in [6.45, 7) is 0.115. The van der Waals surface area contributed by atoms with Gasteiger partial charge in [-0.15, -0.1) is 10.2 Å². The minimum Gasteiger partial charge on any atom is -0.459 e. The number of esters is 1. The number of rotatable bonds is 7. The molecule has 0 aliphatic heterocycles. The molecule has 29 heavy (non-hydrogen) atoms. The highest BCUT2D eigenvalue weighted by atomic mass is 35.5. The lowest BCUT2D eigenvalue weighted by molar-refractivity contribution is 0.0495. The molecule has 0 aliphatic carbocycles. The maximum absolute atomic E-state index is 12.0. The van der Waals surface area contributed by atoms with E-state index in [0.717, 1.165) is 0 Å². The van der Waals surface area contributed by atoms with Gasteiger partial charge in [-0.2, -0.15) is 0 Å². The van der Waals surface area contributed by atoms with Crippen LogP contribution in [-0.4, -0.2) is 40.2 Å². The van der Waals surface area contributed by atoms with E-state index in [2.05, 4.69) is 20.5 Å². The Morgan fingerprint density at radius 1 is 1.03 bits per heavy atom. The van der Waals surface area contributed by atoms with Crippen LogP contribution in [0.4, 0.5) is 0 Å². The van der Waals surface area contributed by atoms with Crippen LogP contribution in [0, 0.1) is 0 Å². The van der Waals surface area contributed by atoms with Crippen molar-refractivity contribution in [3.8, 4) is 11.6 Å². The third-order valence-corrected chi connectivity index (χ3v) is 4.33. The smallest absolute Gasteiger partial charge is 0.358 e. The number of aromatic nitrogens is 3. The molecular weight excluding hydrogens is 419 g/mol. The number of hydrogen-bond donors (Lipinski definition) is 1. The number of pyridine rings is 1. The zero-order chi connectivity index (χ0) is 20.6. The molecule has 2 aromatic heterocycles. The minimum atomic E-state index is -0.680. The van der Waals surface area contributed by atoms with E-state index < -0.39 is 5.97 Å². The molecule has 0 spiro atoms. The predicted molar refractivity (Wildman–Crippen MR) is 105 cm³/mol. The Labute approximate surface area is 175 Å². The molecule has 1 N–H and O–H groups in total. The number of halogens is 2. The van der Waals surface area contributed by atoms with Gasteiger partial charge in [0.05, 0.1) is 17.1 Å². The molecule has 1 amide bonds. The van der Waals surface area contributed by atoms with Crippen LogP contribution in [0.15, 0.2) is 54.9 Å². The fourth-order valence-electron chi connectivity index (χ4n) is 2.14. The third-order valence-electron chi connectivity index (χ3n) is 3.52. The van der Waals surface area contributed by atoms with Crippen molar-refractivity contribution in [2.24, 2.45) is 0 Å². The van der Waals surface area contributed by atoms with Crippen molar-refractivity contribution in [3.63, 3.8) is 0 Å². The zero-order valence-corrected chi connectivity index (χ0v) is 16.4. The van der Waals surface area contributed by atoms with Crippen LogP contribution in [0.2, 0.25) is 10.0 Å². The number of ether oxygens (including phenoxy) is 2. The molecule has 148 valence electrons. The van der Waals surface area contributed by atoms with Crippen LogP contribution in [0.3, 0.4) is 0 Å². The maximum Gasteiger partial charge on any atom is 0.358 e. The number of benzene rings is 1. The second-order valence-corrected chi connectivity index (χ2v) is 6.33. The van der Waals surface area contributed by atoms with Gasteiger partial charge in [-0.05, 0) is 30.3 Å². The second-order valence-electron chi connectivity index (χ2n) is 5.54. The number of nitrogens with zero attached hydrogens (tertiary/aromatic N) is 3. The SMILES string of the molecule is O=C(NCCOC(=O)c1ccc(Oc2cccc(Cl)c2Cl)nn1)c1cccnc1. The summed E-state index contributed by atoms with van der Waals surface area (Å²) < 4.78 is 10.6. The van der Waals surface area contributed by atoms with Crippen LogP contribution in [0.25, 0.3) is 0 Å². The standard InChI is InChI=1S/C19H14Cl2N4O4/c20-13-4-1-5-15(17(13)21)29-16-7-6-14(24-25-16)19(27)28-10-9-23-18(26)12-3-2-8-22-11-12/h1-8,11H,9-10H2,(H,23,26). The predicted octanol–water partition coefficient (Wildman–Crippen LogP) is 3.56. The van der Waals surface area contributed by atoms with Crippen LogP contribution in [0.5, 0.6) is 11.6 Å². The van der Waals surface area contributed by atoms with E-state index >= 15 is 0 Å². The largest absolute Gasteiger partial charge is 0.459 e. The summed E-state index contributed by atoms with van der Waals surface area (Å²) in [5, 5.41) is 10.8. The molecule has 10 heteroatoms. The van der Waals surface area contributed by atoms with Crippen molar-refractivity contribution >= 4 is 35.1 Å². The molecule has 0 bridgehead atoms. The summed E-state index contributed by atoms with van der Waals surface area (Å²) in [6, 6.07) is 11.1. The average Bonchev–Trinajstić information content (AvgIpc) is 2.75. The van der Waals surface area contributed by atoms with Crippen LogP contribution in [-0.2, 0) is 4.74 Å². The molecule has 0 fully saturated rings. The zero-order valence-electron chi connectivity index (χ0n) is 14.8. The van der Waals surface area contributed by atoms with E-state index in [1.807, 2.05) is 0 Å². The fraction of sp³-hybridized carbons (Fsp3) is 0.105. The Kier molecular flexibility index (Phi) is 6.94. The first-order chi connectivity index (χ1) is 14.0. The molecule has 0 saturated heterocycles. The number of nitrogens with one attached hydrogen (secondary N) is 1. The van der Waals surface area contributed by atoms with Crippen LogP contribution < -0.4 is 10.1 Å². The Morgan fingerprint density at radius 2 is 1.90 bits per heavy atom. The molecule has 0 radical (unpaired) electrons. The summed E-state index contributed by atoms with van der Waals surface area (Å²) in [4.78, 5) is 27.7. The highest BCUT2D eigenvalue weighted by Gasteiger charge is 2.12. The minimum absolute atomic E-state index is 0.00636. The number of hydrogen-bond acceptors (Lipinski definition) is 7. The van der Waals surface area contributed by atoms with Gasteiger partial charge >= 0.3 is 5.97 Å². The monoisotopic (exact) mass is 432 g/mol. The summed E-state index contributed by atoms with van der Waals surface area (Å²) >= 11 is 12.0. The van der Waals surface area contributed by atoms with Crippen molar-refractivity contribution in [3.05, 3.63) is 76.2 Å². The third kappa shape index (κ3) is 5.63. The van der Waals surface area contributed by atoms with Gasteiger partial charge < -0.3 is 14.8 Å². The van der Waals surface area contributed by atoms with E-state index in [0.29, 0.717) is 16.3 Å². The molecule has 8 nitrogen and oxygen atoms in total. The molecular formula is C19H14Cl2N4O4. The van der Waals surface area contributed by atoms with Crippen molar-refractivity contribution in [2.75, 3.05) is 13.2 Å². The Balaban J connectivity index is 1.47. The van der Waals surface area contributed by atoms with Crippen molar-refractivity contribution in [1.29, 1.82) is 0 Å². The number of carbonyl (C=O) groups excluding carboxylic acids is 2. The van der Waals surface area contributed by atoms with Gasteiger partial charge in [0.2, 0.25) is 5.88 Å². The van der Waals surface area contributed by atoms with Gasteiger partial charge in [0, 0.05) is 18.5 Å². The maximum atomic E-state index is 12.0. The van der Waals surface area contributed by atoms with Crippen molar-refractivity contribution in [2.45, 2.75) is 0 Å².